The van der Waals surface area contributed by atoms with E-state index in [1.54, 1.807) is 0 Å². The smallest absolute Gasteiger partial charge is 0.160 e. The van der Waals surface area contributed by atoms with Gasteiger partial charge in [-0.15, -0.1) is 0 Å². The van der Waals surface area contributed by atoms with Crippen LogP contribution in [0.15, 0.2) is 179 Å². The van der Waals surface area contributed by atoms with E-state index in [0.29, 0.717) is 12.4 Å². The molecule has 0 bridgehead atoms. The molecule has 9 aromatic carbocycles. The largest absolute Gasteiger partial charge is 0.488 e. The number of furan rings is 2. The van der Waals surface area contributed by atoms with Crippen LogP contribution in [0.2, 0.25) is 0 Å². The number of ether oxygens (including phenoxy) is 1. The summed E-state index contributed by atoms with van der Waals surface area (Å²) in [5.74, 6) is 1.50. The quantitative estimate of drug-likeness (QED) is 0.168. The molecule has 0 saturated heterocycles. The van der Waals surface area contributed by atoms with E-state index in [1.165, 1.54) is 37.9 Å². The van der Waals surface area contributed by atoms with E-state index in [0.717, 1.165) is 89.2 Å². The van der Waals surface area contributed by atoms with Gasteiger partial charge in [-0.1, -0.05) is 127 Å². The Bertz CT molecular complexity index is 3620. The highest BCUT2D eigenvalue weighted by atomic mass is 16.5. The number of aromatic nitrogens is 2. The molecule has 13 rings (SSSR count). The molecule has 0 N–H and O–H groups in total. The maximum atomic E-state index is 6.68. The van der Waals surface area contributed by atoms with Crippen LogP contribution in [0.25, 0.3) is 122 Å². The molecule has 58 heavy (non-hydrogen) atoms. The van der Waals surface area contributed by atoms with Crippen molar-refractivity contribution in [3.8, 4) is 61.9 Å². The lowest BCUT2D eigenvalue weighted by molar-refractivity contribution is 0.301. The Kier molecular flexibility index (Phi) is 6.44. The minimum Gasteiger partial charge on any atom is -0.488 e. The molecule has 0 saturated carbocycles. The van der Waals surface area contributed by atoms with Crippen LogP contribution in [0.1, 0.15) is 5.56 Å². The fourth-order valence-corrected chi connectivity index (χ4v) is 9.39. The Labute approximate surface area is 331 Å². The van der Waals surface area contributed by atoms with Crippen molar-refractivity contribution in [2.45, 2.75) is 6.61 Å². The molecule has 3 aromatic heterocycles. The second-order valence-corrected chi connectivity index (χ2v) is 15.1. The fourth-order valence-electron chi connectivity index (χ4n) is 9.39. The average Bonchev–Trinajstić information content (AvgIpc) is 3.87. The minimum absolute atomic E-state index is 0.376. The summed E-state index contributed by atoms with van der Waals surface area (Å²) in [5.41, 5.74) is 13.7. The Balaban J connectivity index is 0.951. The van der Waals surface area contributed by atoms with Gasteiger partial charge in [0.15, 0.2) is 5.82 Å². The van der Waals surface area contributed by atoms with Crippen LogP contribution in [0.5, 0.6) is 5.75 Å². The third kappa shape index (κ3) is 4.47. The molecule has 5 nitrogen and oxygen atoms in total. The Morgan fingerprint density at radius 3 is 1.74 bits per heavy atom. The summed E-state index contributed by atoms with van der Waals surface area (Å²) in [4.78, 5) is 10.3. The van der Waals surface area contributed by atoms with E-state index in [-0.39, 0.29) is 0 Å². The molecule has 0 fully saturated rings. The highest BCUT2D eigenvalue weighted by molar-refractivity contribution is 6.35. The van der Waals surface area contributed by atoms with Gasteiger partial charge in [-0.3, -0.25) is 0 Å². The molecule has 0 atom stereocenters. The summed E-state index contributed by atoms with van der Waals surface area (Å²) in [6, 6.07) is 59.2. The molecular weight excluding hydrogens is 713 g/mol. The van der Waals surface area contributed by atoms with Gasteiger partial charge < -0.3 is 13.6 Å². The SMILES string of the molecule is c1ccc(-c2nc(-c3ccccc3)c3c(n2)-c2ccc(-c4cccc5oc6cc(-c7cccc8c9cccc%10oc%11cccc(c78)c%11c%109)ccc6c45)cc2OC3)cc1. The van der Waals surface area contributed by atoms with E-state index < -0.39 is 0 Å². The van der Waals surface area contributed by atoms with Crippen LogP contribution in [-0.2, 0) is 6.61 Å². The van der Waals surface area contributed by atoms with Gasteiger partial charge in [0.1, 0.15) is 34.7 Å². The van der Waals surface area contributed by atoms with Crippen LogP contribution < -0.4 is 4.74 Å². The zero-order chi connectivity index (χ0) is 37.9. The molecule has 0 spiro atoms. The van der Waals surface area contributed by atoms with Crippen molar-refractivity contribution in [2.75, 3.05) is 0 Å². The lowest BCUT2D eigenvalue weighted by Gasteiger charge is -2.23. The predicted molar refractivity (Wildman–Crippen MR) is 234 cm³/mol. The van der Waals surface area contributed by atoms with E-state index in [2.05, 4.69) is 133 Å². The summed E-state index contributed by atoms with van der Waals surface area (Å²) < 4.78 is 19.6. The number of hydrogen-bond donors (Lipinski definition) is 0. The number of rotatable bonds is 4. The highest BCUT2D eigenvalue weighted by Gasteiger charge is 2.26. The van der Waals surface area contributed by atoms with Gasteiger partial charge in [-0.05, 0) is 86.3 Å². The van der Waals surface area contributed by atoms with E-state index in [4.69, 9.17) is 23.5 Å². The predicted octanol–water partition coefficient (Wildman–Crippen LogP) is 14.2. The molecule has 1 aliphatic heterocycles. The van der Waals surface area contributed by atoms with E-state index in [1.807, 2.05) is 36.4 Å². The lowest BCUT2D eigenvalue weighted by atomic mass is 9.89. The zero-order valence-electron chi connectivity index (χ0n) is 31.0. The van der Waals surface area contributed by atoms with Crippen LogP contribution in [0.3, 0.4) is 0 Å². The molecule has 12 aromatic rings. The molecule has 0 radical (unpaired) electrons. The van der Waals surface area contributed by atoms with E-state index >= 15 is 0 Å². The number of benzene rings is 9. The fraction of sp³-hybridized carbons (Fsp3) is 0.0189. The van der Waals surface area contributed by atoms with Gasteiger partial charge >= 0.3 is 0 Å². The Hall–Kier alpha value is -7.76. The van der Waals surface area contributed by atoms with Crippen molar-refractivity contribution in [1.82, 2.24) is 9.97 Å². The van der Waals surface area contributed by atoms with Gasteiger partial charge in [0.2, 0.25) is 0 Å². The Morgan fingerprint density at radius 1 is 0.362 bits per heavy atom. The molecule has 270 valence electrons. The zero-order valence-corrected chi connectivity index (χ0v) is 31.0. The van der Waals surface area contributed by atoms with Gasteiger partial charge in [0.25, 0.3) is 0 Å². The van der Waals surface area contributed by atoms with Gasteiger partial charge in [-0.25, -0.2) is 9.97 Å². The summed E-state index contributed by atoms with van der Waals surface area (Å²) in [6.45, 7) is 0.376. The van der Waals surface area contributed by atoms with Crippen molar-refractivity contribution >= 4 is 65.4 Å². The second-order valence-electron chi connectivity index (χ2n) is 15.1. The summed E-state index contributed by atoms with van der Waals surface area (Å²) >= 11 is 0. The first-order valence-electron chi connectivity index (χ1n) is 19.6. The minimum atomic E-state index is 0.376. The van der Waals surface area contributed by atoms with Gasteiger partial charge in [-0.2, -0.15) is 0 Å². The molecule has 5 heteroatoms. The van der Waals surface area contributed by atoms with Crippen molar-refractivity contribution < 1.29 is 13.6 Å². The maximum Gasteiger partial charge on any atom is 0.160 e. The van der Waals surface area contributed by atoms with Crippen molar-refractivity contribution in [1.29, 1.82) is 0 Å². The maximum absolute atomic E-state index is 6.68. The van der Waals surface area contributed by atoms with Crippen LogP contribution in [0, 0.1) is 0 Å². The van der Waals surface area contributed by atoms with Gasteiger partial charge in [0, 0.05) is 43.8 Å². The van der Waals surface area contributed by atoms with Gasteiger partial charge in [0.05, 0.1) is 11.4 Å². The van der Waals surface area contributed by atoms with Crippen molar-refractivity contribution in [2.24, 2.45) is 0 Å². The molecule has 0 aliphatic carbocycles. The van der Waals surface area contributed by atoms with Crippen LogP contribution in [0.4, 0.5) is 0 Å². The van der Waals surface area contributed by atoms with Crippen LogP contribution >= 0.6 is 0 Å². The number of hydrogen-bond acceptors (Lipinski definition) is 5. The van der Waals surface area contributed by atoms with E-state index in [9.17, 15) is 0 Å². The van der Waals surface area contributed by atoms with Crippen molar-refractivity contribution in [3.63, 3.8) is 0 Å². The normalized spacial score (nSPS) is 12.6. The first-order chi connectivity index (χ1) is 28.7. The topological polar surface area (TPSA) is 61.3 Å². The average molecular weight is 743 g/mol. The highest BCUT2D eigenvalue weighted by Crippen LogP contribution is 2.47. The monoisotopic (exact) mass is 742 g/mol. The first kappa shape index (κ1) is 31.4. The molecule has 0 unspecified atom stereocenters. The van der Waals surface area contributed by atoms with Crippen LogP contribution in [-0.4, -0.2) is 9.97 Å². The molecular formula is C53H30N2O3. The summed E-state index contributed by atoms with van der Waals surface area (Å²) in [7, 11) is 0. The number of fused-ring (bicyclic) bond motifs is 9. The van der Waals surface area contributed by atoms with Crippen molar-refractivity contribution in [3.05, 3.63) is 175 Å². The Morgan fingerprint density at radius 2 is 0.948 bits per heavy atom. The third-order valence-corrected chi connectivity index (χ3v) is 12.0. The second kappa shape index (κ2) is 11.9. The lowest BCUT2D eigenvalue weighted by Crippen LogP contribution is -2.11. The summed E-state index contributed by atoms with van der Waals surface area (Å²) in [5, 5.41) is 9.36. The third-order valence-electron chi connectivity index (χ3n) is 12.0. The molecule has 4 heterocycles. The standard InChI is InChI=1S/C53H30N2O3/c1-3-11-30(12-4-1)51-41-29-56-45-27-32(24-26-39(45)52(41)55-53(54-51)31-13-5-2-6-14-31)35-16-8-20-42-48(35)38-25-23-33(28-46(38)58-42)34-15-7-17-36-37-18-9-21-43-49(37)50-40(47(34)36)19-10-22-44(50)57-43/h1-28H,29H2. The first-order valence-corrected chi connectivity index (χ1v) is 19.6. The molecule has 1 aliphatic rings. The summed E-state index contributed by atoms with van der Waals surface area (Å²) in [6.07, 6.45) is 0. The molecule has 0 amide bonds. The number of nitrogens with zero attached hydrogens (tertiary/aromatic N) is 2.